The molecule has 6 heteroatoms. The van der Waals surface area contributed by atoms with Gasteiger partial charge in [-0.2, -0.15) is 0 Å². The number of rotatable bonds is 5. The normalized spacial score (nSPS) is 11.8. The largest absolute Gasteiger partial charge is 0.484 e. The first kappa shape index (κ1) is 19.0. The lowest BCUT2D eigenvalue weighted by molar-refractivity contribution is -0.118. The zero-order valence-electron chi connectivity index (χ0n) is 14.9. The molecule has 1 N–H and O–H groups in total. The van der Waals surface area contributed by atoms with Gasteiger partial charge in [-0.3, -0.25) is 4.79 Å². The van der Waals surface area contributed by atoms with E-state index in [2.05, 4.69) is 26.1 Å². The molecule has 25 heavy (non-hydrogen) atoms. The SMILES string of the molecule is CC(C)(C)c1ccc(OCC(=O)Nc2ccccc2S(C)(=O)=O)cc1. The molecule has 0 spiro atoms. The molecule has 0 saturated heterocycles. The number of ether oxygens (including phenoxy) is 1. The number of carbonyl (C=O) groups is 1. The van der Waals surface area contributed by atoms with Crippen molar-refractivity contribution in [1.29, 1.82) is 0 Å². The van der Waals surface area contributed by atoms with Crippen molar-refractivity contribution in [3.63, 3.8) is 0 Å². The highest BCUT2D eigenvalue weighted by Crippen LogP contribution is 2.24. The van der Waals surface area contributed by atoms with Gasteiger partial charge in [-0.1, -0.05) is 45.0 Å². The maximum atomic E-state index is 12.1. The third-order valence-electron chi connectivity index (χ3n) is 3.65. The maximum Gasteiger partial charge on any atom is 0.262 e. The van der Waals surface area contributed by atoms with Gasteiger partial charge >= 0.3 is 0 Å². The number of nitrogens with one attached hydrogen (secondary N) is 1. The Balaban J connectivity index is 2.00. The molecule has 0 atom stereocenters. The van der Waals surface area contributed by atoms with Gasteiger partial charge in [0.2, 0.25) is 0 Å². The minimum absolute atomic E-state index is 0.0469. The summed E-state index contributed by atoms with van der Waals surface area (Å²) in [7, 11) is -3.42. The molecule has 0 bridgehead atoms. The first-order valence-corrected chi connectivity index (χ1v) is 9.79. The van der Waals surface area contributed by atoms with Crippen LogP contribution < -0.4 is 10.1 Å². The van der Waals surface area contributed by atoms with Crippen LogP contribution in [0.2, 0.25) is 0 Å². The van der Waals surface area contributed by atoms with Crippen molar-refractivity contribution in [2.24, 2.45) is 0 Å². The molecule has 0 unspecified atom stereocenters. The molecule has 0 aliphatic heterocycles. The summed E-state index contributed by atoms with van der Waals surface area (Å²) in [5.74, 6) is 0.163. The number of hydrogen-bond acceptors (Lipinski definition) is 4. The third-order valence-corrected chi connectivity index (χ3v) is 4.81. The monoisotopic (exact) mass is 361 g/mol. The summed E-state index contributed by atoms with van der Waals surface area (Å²) in [5.41, 5.74) is 1.47. The van der Waals surface area contributed by atoms with E-state index in [1.165, 1.54) is 11.6 Å². The van der Waals surface area contributed by atoms with Gasteiger partial charge in [0.15, 0.2) is 16.4 Å². The van der Waals surface area contributed by atoms with Crippen LogP contribution in [0, 0.1) is 0 Å². The predicted molar refractivity (Wildman–Crippen MR) is 98.8 cm³/mol. The number of sulfone groups is 1. The Morgan fingerprint density at radius 1 is 1.04 bits per heavy atom. The van der Waals surface area contributed by atoms with Crippen molar-refractivity contribution >= 4 is 21.4 Å². The van der Waals surface area contributed by atoms with E-state index in [0.29, 0.717) is 5.75 Å². The van der Waals surface area contributed by atoms with E-state index in [-0.39, 0.29) is 22.6 Å². The number of para-hydroxylation sites is 1. The van der Waals surface area contributed by atoms with Crippen LogP contribution >= 0.6 is 0 Å². The second kappa shape index (κ2) is 7.27. The standard InChI is InChI=1S/C19H23NO4S/c1-19(2,3)14-9-11-15(12-10-14)24-13-18(21)20-16-7-5-6-8-17(16)25(4,22)23/h5-12H,13H2,1-4H3,(H,20,21). The van der Waals surface area contributed by atoms with E-state index in [1.807, 2.05) is 24.3 Å². The Hall–Kier alpha value is -2.34. The molecule has 2 aromatic rings. The van der Waals surface area contributed by atoms with Gasteiger partial charge in [0.05, 0.1) is 10.6 Å². The highest BCUT2D eigenvalue weighted by atomic mass is 32.2. The summed E-state index contributed by atoms with van der Waals surface area (Å²) in [5, 5.41) is 2.58. The molecule has 0 aliphatic rings. The summed E-state index contributed by atoms with van der Waals surface area (Å²) in [6.45, 7) is 6.16. The van der Waals surface area contributed by atoms with E-state index in [0.717, 1.165) is 6.26 Å². The highest BCUT2D eigenvalue weighted by molar-refractivity contribution is 7.90. The lowest BCUT2D eigenvalue weighted by atomic mass is 9.87. The van der Waals surface area contributed by atoms with Crippen molar-refractivity contribution in [2.75, 3.05) is 18.2 Å². The maximum absolute atomic E-state index is 12.1. The Kier molecular flexibility index (Phi) is 5.52. The fraction of sp³-hybridized carbons (Fsp3) is 0.316. The molecule has 0 fully saturated rings. The van der Waals surface area contributed by atoms with Crippen molar-refractivity contribution in [2.45, 2.75) is 31.1 Å². The molecule has 0 heterocycles. The highest BCUT2D eigenvalue weighted by Gasteiger charge is 2.15. The number of carbonyl (C=O) groups excluding carboxylic acids is 1. The van der Waals surface area contributed by atoms with Crippen LogP contribution in [0.1, 0.15) is 26.3 Å². The zero-order chi connectivity index (χ0) is 18.7. The third kappa shape index (κ3) is 5.32. The van der Waals surface area contributed by atoms with Gasteiger partial charge in [-0.15, -0.1) is 0 Å². The minimum Gasteiger partial charge on any atom is -0.484 e. The van der Waals surface area contributed by atoms with E-state index < -0.39 is 15.7 Å². The average molecular weight is 361 g/mol. The summed E-state index contributed by atoms with van der Waals surface area (Å²) in [4.78, 5) is 12.1. The van der Waals surface area contributed by atoms with Gasteiger partial charge in [0.1, 0.15) is 5.75 Å². The molecular weight excluding hydrogens is 338 g/mol. The van der Waals surface area contributed by atoms with Gasteiger partial charge in [0.25, 0.3) is 5.91 Å². The number of amides is 1. The van der Waals surface area contributed by atoms with Gasteiger partial charge in [-0.25, -0.2) is 8.42 Å². The molecule has 1 amide bonds. The van der Waals surface area contributed by atoms with Crippen molar-refractivity contribution in [3.05, 3.63) is 54.1 Å². The molecule has 2 aromatic carbocycles. The number of hydrogen-bond donors (Lipinski definition) is 1. The zero-order valence-corrected chi connectivity index (χ0v) is 15.7. The van der Waals surface area contributed by atoms with Crippen LogP contribution in [-0.2, 0) is 20.0 Å². The fourth-order valence-corrected chi connectivity index (χ4v) is 3.12. The molecule has 134 valence electrons. The van der Waals surface area contributed by atoms with Crippen LogP contribution in [0.15, 0.2) is 53.4 Å². The first-order valence-electron chi connectivity index (χ1n) is 7.89. The van der Waals surface area contributed by atoms with E-state index in [9.17, 15) is 13.2 Å². The molecule has 0 aliphatic carbocycles. The Bertz CT molecular complexity index is 850. The van der Waals surface area contributed by atoms with E-state index >= 15 is 0 Å². The number of benzene rings is 2. The van der Waals surface area contributed by atoms with E-state index in [1.54, 1.807) is 18.2 Å². The van der Waals surface area contributed by atoms with Crippen LogP contribution in [0.3, 0.4) is 0 Å². The lowest BCUT2D eigenvalue weighted by Crippen LogP contribution is -2.21. The Morgan fingerprint density at radius 3 is 2.20 bits per heavy atom. The molecule has 2 rings (SSSR count). The Labute approximate surface area is 148 Å². The van der Waals surface area contributed by atoms with Crippen molar-refractivity contribution in [3.8, 4) is 5.75 Å². The molecule has 5 nitrogen and oxygen atoms in total. The van der Waals surface area contributed by atoms with Gasteiger partial charge in [0, 0.05) is 6.26 Å². The Morgan fingerprint density at radius 2 is 1.64 bits per heavy atom. The van der Waals surface area contributed by atoms with Crippen LogP contribution in [0.5, 0.6) is 5.75 Å². The minimum atomic E-state index is -3.42. The quantitative estimate of drug-likeness (QED) is 0.886. The van der Waals surface area contributed by atoms with Crippen molar-refractivity contribution < 1.29 is 17.9 Å². The molecule has 0 saturated carbocycles. The average Bonchev–Trinajstić information content (AvgIpc) is 2.52. The summed E-state index contributed by atoms with van der Waals surface area (Å²) >= 11 is 0. The smallest absolute Gasteiger partial charge is 0.262 e. The summed E-state index contributed by atoms with van der Waals surface area (Å²) in [6.07, 6.45) is 1.10. The lowest BCUT2D eigenvalue weighted by Gasteiger charge is -2.19. The first-order chi connectivity index (χ1) is 11.6. The van der Waals surface area contributed by atoms with Crippen LogP contribution in [0.4, 0.5) is 5.69 Å². The molecular formula is C19H23NO4S. The van der Waals surface area contributed by atoms with E-state index in [4.69, 9.17) is 4.74 Å². The van der Waals surface area contributed by atoms with Crippen LogP contribution in [0.25, 0.3) is 0 Å². The second-order valence-electron chi connectivity index (χ2n) is 6.88. The summed E-state index contributed by atoms with van der Waals surface area (Å²) < 4.78 is 29.0. The van der Waals surface area contributed by atoms with Gasteiger partial charge in [-0.05, 0) is 35.2 Å². The predicted octanol–water partition coefficient (Wildman–Crippen LogP) is 3.41. The van der Waals surface area contributed by atoms with Gasteiger partial charge < -0.3 is 10.1 Å². The molecule has 0 aromatic heterocycles. The topological polar surface area (TPSA) is 72.5 Å². The van der Waals surface area contributed by atoms with Crippen LogP contribution in [-0.4, -0.2) is 27.2 Å². The summed E-state index contributed by atoms with van der Waals surface area (Å²) in [6, 6.07) is 13.8. The second-order valence-corrected chi connectivity index (χ2v) is 8.86. The van der Waals surface area contributed by atoms with Crippen molar-refractivity contribution in [1.82, 2.24) is 0 Å². The number of anilines is 1. The fourth-order valence-electron chi connectivity index (χ4n) is 2.28. The molecule has 0 radical (unpaired) electrons.